The van der Waals surface area contributed by atoms with Crippen molar-refractivity contribution < 1.29 is 0 Å². The largest absolute Gasteiger partial charge is 0.398 e. The molecule has 0 spiro atoms. The molecule has 0 unspecified atom stereocenters. The maximum absolute atomic E-state index is 5.97. The highest BCUT2D eigenvalue weighted by molar-refractivity contribution is 9.10. The van der Waals surface area contributed by atoms with E-state index in [0.717, 1.165) is 34.5 Å². The van der Waals surface area contributed by atoms with Crippen LogP contribution in [0.4, 0.5) is 5.69 Å². The monoisotopic (exact) mass is 294 g/mol. The van der Waals surface area contributed by atoms with Gasteiger partial charge in [0.2, 0.25) is 0 Å². The molecule has 0 saturated carbocycles. The second kappa shape index (κ2) is 4.87. The first-order chi connectivity index (χ1) is 8.11. The van der Waals surface area contributed by atoms with E-state index in [1.807, 2.05) is 25.2 Å². The quantitative estimate of drug-likeness (QED) is 0.886. The molecule has 0 atom stereocenters. The lowest BCUT2D eigenvalue weighted by Gasteiger charge is -2.04. The molecule has 0 amide bonds. The van der Waals surface area contributed by atoms with E-state index in [4.69, 9.17) is 5.73 Å². The minimum atomic E-state index is 0.715. The first-order valence-electron chi connectivity index (χ1n) is 5.57. The van der Waals surface area contributed by atoms with Gasteiger partial charge in [-0.2, -0.15) is 5.10 Å². The second-order valence-electron chi connectivity index (χ2n) is 3.96. The fourth-order valence-corrected chi connectivity index (χ4v) is 2.08. The molecule has 2 rings (SSSR count). The van der Waals surface area contributed by atoms with Gasteiger partial charge >= 0.3 is 0 Å². The van der Waals surface area contributed by atoms with Gasteiger partial charge in [0.15, 0.2) is 11.6 Å². The number of nitrogen functional groups attached to an aromatic ring is 1. The first kappa shape index (κ1) is 12.1. The van der Waals surface area contributed by atoms with Crippen LogP contribution in [-0.2, 0) is 13.5 Å². The summed E-state index contributed by atoms with van der Waals surface area (Å²) in [5.41, 5.74) is 7.60. The van der Waals surface area contributed by atoms with Crippen molar-refractivity contribution in [2.24, 2.45) is 7.05 Å². The van der Waals surface area contributed by atoms with E-state index in [2.05, 4.69) is 32.9 Å². The number of hydrogen-bond acceptors (Lipinski definition) is 3. The summed E-state index contributed by atoms with van der Waals surface area (Å²) in [5, 5.41) is 4.38. The van der Waals surface area contributed by atoms with Gasteiger partial charge in [-0.15, -0.1) is 0 Å². The molecule has 4 nitrogen and oxygen atoms in total. The summed E-state index contributed by atoms with van der Waals surface area (Å²) >= 11 is 3.44. The lowest BCUT2D eigenvalue weighted by Crippen LogP contribution is -1.98. The molecule has 1 aromatic carbocycles. The second-order valence-corrected chi connectivity index (χ2v) is 4.87. The summed E-state index contributed by atoms with van der Waals surface area (Å²) < 4.78 is 2.77. The van der Waals surface area contributed by atoms with Crippen molar-refractivity contribution >= 4 is 21.6 Å². The minimum absolute atomic E-state index is 0.715. The van der Waals surface area contributed by atoms with Crippen LogP contribution in [0.2, 0.25) is 0 Å². The van der Waals surface area contributed by atoms with Crippen molar-refractivity contribution in [2.75, 3.05) is 5.73 Å². The Bertz CT molecular complexity index is 533. The zero-order valence-corrected chi connectivity index (χ0v) is 11.5. The lowest BCUT2D eigenvalue weighted by molar-refractivity contribution is 0.738. The average Bonchev–Trinajstić information content (AvgIpc) is 2.64. The van der Waals surface area contributed by atoms with Crippen molar-refractivity contribution in [3.8, 4) is 11.4 Å². The third-order valence-electron chi connectivity index (χ3n) is 2.54. The van der Waals surface area contributed by atoms with E-state index < -0.39 is 0 Å². The van der Waals surface area contributed by atoms with Gasteiger partial charge in [0, 0.05) is 29.2 Å². The number of benzene rings is 1. The van der Waals surface area contributed by atoms with Crippen molar-refractivity contribution in [3.63, 3.8) is 0 Å². The highest BCUT2D eigenvalue weighted by Crippen LogP contribution is 2.27. The van der Waals surface area contributed by atoms with Crippen molar-refractivity contribution in [1.29, 1.82) is 0 Å². The van der Waals surface area contributed by atoms with Crippen LogP contribution in [0.15, 0.2) is 22.7 Å². The molecule has 2 N–H and O–H groups in total. The molecule has 1 aromatic heterocycles. The van der Waals surface area contributed by atoms with Gasteiger partial charge in [-0.25, -0.2) is 9.67 Å². The molecule has 0 bridgehead atoms. The van der Waals surface area contributed by atoms with E-state index in [1.54, 1.807) is 4.68 Å². The molecule has 0 aliphatic heterocycles. The Hall–Kier alpha value is -1.36. The van der Waals surface area contributed by atoms with Gasteiger partial charge in [-0.1, -0.05) is 22.9 Å². The summed E-state index contributed by atoms with van der Waals surface area (Å²) in [5.74, 6) is 1.68. The third-order valence-corrected chi connectivity index (χ3v) is 3.03. The number of aryl methyl sites for hydroxylation is 2. The van der Waals surface area contributed by atoms with Crippen LogP contribution in [0.5, 0.6) is 0 Å². The van der Waals surface area contributed by atoms with Gasteiger partial charge in [-0.05, 0) is 24.6 Å². The van der Waals surface area contributed by atoms with Crippen LogP contribution in [-0.4, -0.2) is 14.8 Å². The molecule has 1 heterocycles. The maximum atomic E-state index is 5.97. The topological polar surface area (TPSA) is 56.7 Å². The van der Waals surface area contributed by atoms with Crippen LogP contribution in [0, 0.1) is 0 Å². The van der Waals surface area contributed by atoms with Crippen LogP contribution >= 0.6 is 15.9 Å². The van der Waals surface area contributed by atoms with Crippen LogP contribution < -0.4 is 5.73 Å². The predicted octanol–water partition coefficient (Wildman–Crippen LogP) is 2.78. The Morgan fingerprint density at radius 2 is 2.18 bits per heavy atom. The molecule has 0 aliphatic carbocycles. The summed E-state index contributed by atoms with van der Waals surface area (Å²) in [7, 11) is 1.89. The summed E-state index contributed by atoms with van der Waals surface area (Å²) in [6.07, 6.45) is 1.93. The average molecular weight is 295 g/mol. The van der Waals surface area contributed by atoms with E-state index in [1.165, 1.54) is 0 Å². The van der Waals surface area contributed by atoms with Gasteiger partial charge in [-0.3, -0.25) is 0 Å². The standard InChI is InChI=1S/C12H15BrN4/c1-3-4-11-15-12(17(2)16-11)9-7-8(13)5-6-10(9)14/h5-7H,3-4,14H2,1-2H3. The highest BCUT2D eigenvalue weighted by atomic mass is 79.9. The molecule has 0 saturated heterocycles. The summed E-state index contributed by atoms with van der Waals surface area (Å²) in [4.78, 5) is 4.52. The van der Waals surface area contributed by atoms with Gasteiger partial charge < -0.3 is 5.73 Å². The zero-order valence-electron chi connectivity index (χ0n) is 9.94. The normalized spacial score (nSPS) is 10.8. The van der Waals surface area contributed by atoms with E-state index in [-0.39, 0.29) is 0 Å². The fourth-order valence-electron chi connectivity index (χ4n) is 1.72. The number of nitrogens with two attached hydrogens (primary N) is 1. The molecule has 0 radical (unpaired) electrons. The minimum Gasteiger partial charge on any atom is -0.398 e. The van der Waals surface area contributed by atoms with Crippen LogP contribution in [0.25, 0.3) is 11.4 Å². The third kappa shape index (κ3) is 2.49. The number of anilines is 1. The molecule has 0 aliphatic rings. The summed E-state index contributed by atoms with van der Waals surface area (Å²) in [6, 6.07) is 5.75. The Balaban J connectivity index is 2.48. The molecule has 90 valence electrons. The number of hydrogen-bond donors (Lipinski definition) is 1. The molecule has 17 heavy (non-hydrogen) atoms. The fraction of sp³-hybridized carbons (Fsp3) is 0.333. The van der Waals surface area contributed by atoms with Gasteiger partial charge in [0.05, 0.1) is 0 Å². The number of aromatic nitrogens is 3. The SMILES string of the molecule is CCCc1nc(-c2cc(Br)ccc2N)n(C)n1. The Morgan fingerprint density at radius 3 is 2.88 bits per heavy atom. The Morgan fingerprint density at radius 1 is 1.41 bits per heavy atom. The smallest absolute Gasteiger partial charge is 0.160 e. The Labute approximate surface area is 109 Å². The highest BCUT2D eigenvalue weighted by Gasteiger charge is 2.12. The van der Waals surface area contributed by atoms with E-state index >= 15 is 0 Å². The molecule has 5 heteroatoms. The van der Waals surface area contributed by atoms with Gasteiger partial charge in [0.1, 0.15) is 0 Å². The Kier molecular flexibility index (Phi) is 3.47. The van der Waals surface area contributed by atoms with Gasteiger partial charge in [0.25, 0.3) is 0 Å². The number of rotatable bonds is 3. The zero-order chi connectivity index (χ0) is 12.4. The van der Waals surface area contributed by atoms with Crippen LogP contribution in [0.3, 0.4) is 0 Å². The molecular formula is C12H15BrN4. The summed E-state index contributed by atoms with van der Waals surface area (Å²) in [6.45, 7) is 2.11. The first-order valence-corrected chi connectivity index (χ1v) is 6.36. The number of nitrogens with zero attached hydrogens (tertiary/aromatic N) is 3. The van der Waals surface area contributed by atoms with Crippen molar-refractivity contribution in [3.05, 3.63) is 28.5 Å². The van der Waals surface area contributed by atoms with Crippen LogP contribution in [0.1, 0.15) is 19.2 Å². The predicted molar refractivity (Wildman–Crippen MR) is 72.5 cm³/mol. The van der Waals surface area contributed by atoms with E-state index in [0.29, 0.717) is 5.69 Å². The van der Waals surface area contributed by atoms with E-state index in [9.17, 15) is 0 Å². The van der Waals surface area contributed by atoms with Crippen molar-refractivity contribution in [1.82, 2.24) is 14.8 Å². The molecular weight excluding hydrogens is 280 g/mol. The number of halogens is 1. The lowest BCUT2D eigenvalue weighted by atomic mass is 10.1. The molecule has 2 aromatic rings. The van der Waals surface area contributed by atoms with Crippen molar-refractivity contribution in [2.45, 2.75) is 19.8 Å². The molecule has 0 fully saturated rings. The maximum Gasteiger partial charge on any atom is 0.160 e.